The van der Waals surface area contributed by atoms with Crippen LogP contribution >= 0.6 is 0 Å². The highest BCUT2D eigenvalue weighted by Crippen LogP contribution is 2.11. The number of piperidine rings is 1. The van der Waals surface area contributed by atoms with E-state index in [0.717, 1.165) is 19.7 Å². The molecule has 13 heavy (non-hydrogen) atoms. The van der Waals surface area contributed by atoms with E-state index < -0.39 is 0 Å². The maximum absolute atomic E-state index is 5.44. The van der Waals surface area contributed by atoms with Crippen molar-refractivity contribution in [2.24, 2.45) is 5.92 Å². The maximum atomic E-state index is 5.44. The fourth-order valence-corrected chi connectivity index (χ4v) is 1.53. The first-order valence-electron chi connectivity index (χ1n) is 4.64. The molecule has 0 aliphatic carbocycles. The first kappa shape index (κ1) is 8.50. The highest BCUT2D eigenvalue weighted by atomic mass is 16.5. The van der Waals surface area contributed by atoms with Crippen molar-refractivity contribution in [3.8, 4) is 5.88 Å². The quantitative estimate of drug-likeness (QED) is 0.700. The molecule has 0 aromatic carbocycles. The molecule has 72 valence electrons. The Morgan fingerprint density at radius 3 is 3.31 bits per heavy atom. The van der Waals surface area contributed by atoms with Gasteiger partial charge in [-0.1, -0.05) is 0 Å². The van der Waals surface area contributed by atoms with E-state index in [1.54, 1.807) is 6.20 Å². The van der Waals surface area contributed by atoms with Gasteiger partial charge in [0.2, 0.25) is 0 Å². The van der Waals surface area contributed by atoms with E-state index in [9.17, 15) is 0 Å². The third-order valence-electron chi connectivity index (χ3n) is 2.26. The highest BCUT2D eigenvalue weighted by Gasteiger charge is 2.13. The van der Waals surface area contributed by atoms with Crippen LogP contribution in [0.2, 0.25) is 0 Å². The first-order valence-corrected chi connectivity index (χ1v) is 4.64. The van der Waals surface area contributed by atoms with Crippen molar-refractivity contribution in [2.75, 3.05) is 19.7 Å². The molecule has 0 saturated carbocycles. The molecule has 1 aliphatic rings. The molecule has 1 fully saturated rings. The summed E-state index contributed by atoms with van der Waals surface area (Å²) in [5, 5.41) is 13.3. The Labute approximate surface area is 76.9 Å². The number of nitrogens with zero attached hydrogens (tertiary/aromatic N) is 2. The van der Waals surface area contributed by atoms with Gasteiger partial charge in [-0.05, 0) is 19.4 Å². The molecule has 1 aromatic rings. The van der Waals surface area contributed by atoms with Gasteiger partial charge in [-0.15, -0.1) is 5.10 Å². The lowest BCUT2D eigenvalue weighted by molar-refractivity contribution is 0.212. The van der Waals surface area contributed by atoms with E-state index in [-0.39, 0.29) is 0 Å². The molecule has 1 aliphatic heterocycles. The maximum Gasteiger partial charge on any atom is 0.253 e. The zero-order valence-electron chi connectivity index (χ0n) is 7.49. The Balaban J connectivity index is 1.72. The van der Waals surface area contributed by atoms with Crippen LogP contribution in [-0.4, -0.2) is 35.1 Å². The van der Waals surface area contributed by atoms with Crippen LogP contribution in [0.25, 0.3) is 0 Å². The molecule has 1 saturated heterocycles. The second-order valence-electron chi connectivity index (χ2n) is 3.33. The fourth-order valence-electron chi connectivity index (χ4n) is 1.53. The number of hydrogen-bond donors (Lipinski definition) is 2. The van der Waals surface area contributed by atoms with Crippen LogP contribution in [0.5, 0.6) is 5.88 Å². The SMILES string of the molecule is c1n[nH]nc1OCC1CCCNC1. The van der Waals surface area contributed by atoms with E-state index >= 15 is 0 Å². The number of nitrogens with one attached hydrogen (secondary N) is 2. The van der Waals surface area contributed by atoms with Crippen LogP contribution in [0, 0.1) is 5.92 Å². The molecule has 0 radical (unpaired) electrons. The van der Waals surface area contributed by atoms with Crippen molar-refractivity contribution in [1.82, 2.24) is 20.7 Å². The lowest BCUT2D eigenvalue weighted by atomic mass is 10.0. The van der Waals surface area contributed by atoms with Crippen LogP contribution in [0.1, 0.15) is 12.8 Å². The number of ether oxygens (including phenoxy) is 1. The van der Waals surface area contributed by atoms with Gasteiger partial charge < -0.3 is 10.1 Å². The average Bonchev–Trinajstić information content (AvgIpc) is 2.69. The molecule has 0 amide bonds. The summed E-state index contributed by atoms with van der Waals surface area (Å²) in [6.45, 7) is 2.93. The molecular formula is C8H14N4O. The summed E-state index contributed by atoms with van der Waals surface area (Å²) in [5.74, 6) is 1.20. The molecule has 0 bridgehead atoms. The van der Waals surface area contributed by atoms with Crippen molar-refractivity contribution in [3.63, 3.8) is 0 Å². The van der Waals surface area contributed by atoms with Crippen LogP contribution in [-0.2, 0) is 0 Å². The van der Waals surface area contributed by atoms with Crippen LogP contribution in [0.3, 0.4) is 0 Å². The molecule has 1 aromatic heterocycles. The summed E-state index contributed by atoms with van der Waals surface area (Å²) in [5.41, 5.74) is 0. The molecule has 2 N–H and O–H groups in total. The number of hydrogen-bond acceptors (Lipinski definition) is 4. The number of aromatic nitrogens is 3. The zero-order chi connectivity index (χ0) is 8.93. The molecule has 5 heteroatoms. The summed E-state index contributed by atoms with van der Waals surface area (Å²) < 4.78 is 5.44. The van der Waals surface area contributed by atoms with Gasteiger partial charge in [0.1, 0.15) is 6.20 Å². The fraction of sp³-hybridized carbons (Fsp3) is 0.750. The minimum absolute atomic E-state index is 0.588. The van der Waals surface area contributed by atoms with E-state index in [0.29, 0.717) is 11.8 Å². The van der Waals surface area contributed by atoms with Gasteiger partial charge in [-0.2, -0.15) is 10.3 Å². The van der Waals surface area contributed by atoms with Gasteiger partial charge in [0, 0.05) is 12.5 Å². The molecule has 2 rings (SSSR count). The second-order valence-corrected chi connectivity index (χ2v) is 3.33. The zero-order valence-corrected chi connectivity index (χ0v) is 7.49. The Hall–Kier alpha value is -1.10. The van der Waals surface area contributed by atoms with Gasteiger partial charge in [-0.3, -0.25) is 0 Å². The minimum Gasteiger partial charge on any atom is -0.475 e. The van der Waals surface area contributed by atoms with Crippen LogP contribution in [0.15, 0.2) is 6.20 Å². The first-order chi connectivity index (χ1) is 6.45. The van der Waals surface area contributed by atoms with E-state index in [1.165, 1.54) is 12.8 Å². The Morgan fingerprint density at radius 1 is 1.62 bits per heavy atom. The Kier molecular flexibility index (Phi) is 2.76. The summed E-state index contributed by atoms with van der Waals surface area (Å²) in [6, 6.07) is 0. The molecule has 1 unspecified atom stereocenters. The summed E-state index contributed by atoms with van der Waals surface area (Å²) in [4.78, 5) is 0. The third-order valence-corrected chi connectivity index (χ3v) is 2.26. The highest BCUT2D eigenvalue weighted by molar-refractivity contribution is 4.97. The van der Waals surface area contributed by atoms with E-state index in [2.05, 4.69) is 20.7 Å². The predicted octanol–water partition coefficient (Wildman–Crippen LogP) is 0.183. The summed E-state index contributed by atoms with van der Waals surface area (Å²) in [7, 11) is 0. The van der Waals surface area contributed by atoms with Crippen molar-refractivity contribution in [1.29, 1.82) is 0 Å². The van der Waals surface area contributed by atoms with Gasteiger partial charge in [0.25, 0.3) is 5.88 Å². The topological polar surface area (TPSA) is 62.8 Å². The molecule has 0 spiro atoms. The van der Waals surface area contributed by atoms with Gasteiger partial charge in [0.15, 0.2) is 0 Å². The molecular weight excluding hydrogens is 168 g/mol. The normalized spacial score (nSPS) is 22.9. The van der Waals surface area contributed by atoms with Crippen molar-refractivity contribution in [3.05, 3.63) is 6.20 Å². The summed E-state index contributed by atoms with van der Waals surface area (Å²) in [6.07, 6.45) is 4.08. The number of H-pyrrole nitrogens is 1. The van der Waals surface area contributed by atoms with Gasteiger partial charge >= 0.3 is 0 Å². The van der Waals surface area contributed by atoms with Gasteiger partial charge in [0.05, 0.1) is 6.61 Å². The van der Waals surface area contributed by atoms with E-state index in [4.69, 9.17) is 4.74 Å². The largest absolute Gasteiger partial charge is 0.475 e. The second kappa shape index (κ2) is 4.23. The minimum atomic E-state index is 0.588. The summed E-state index contributed by atoms with van der Waals surface area (Å²) >= 11 is 0. The average molecular weight is 182 g/mol. The molecule has 5 nitrogen and oxygen atoms in total. The lowest BCUT2D eigenvalue weighted by Gasteiger charge is -2.21. The molecule has 1 atom stereocenters. The van der Waals surface area contributed by atoms with Crippen molar-refractivity contribution >= 4 is 0 Å². The number of aromatic amines is 1. The number of rotatable bonds is 3. The Morgan fingerprint density at radius 2 is 2.62 bits per heavy atom. The Bertz CT molecular complexity index is 230. The van der Waals surface area contributed by atoms with Crippen molar-refractivity contribution < 1.29 is 4.74 Å². The van der Waals surface area contributed by atoms with Crippen molar-refractivity contribution in [2.45, 2.75) is 12.8 Å². The van der Waals surface area contributed by atoms with Crippen LogP contribution in [0.4, 0.5) is 0 Å². The smallest absolute Gasteiger partial charge is 0.253 e. The van der Waals surface area contributed by atoms with Gasteiger partial charge in [-0.25, -0.2) is 0 Å². The standard InChI is InChI=1S/C8H14N4O/c1-2-7(4-9-3-1)6-13-8-5-10-12-11-8/h5,7,9H,1-4,6H2,(H,10,11,12). The van der Waals surface area contributed by atoms with Crippen LogP contribution < -0.4 is 10.1 Å². The predicted molar refractivity (Wildman–Crippen MR) is 47.5 cm³/mol. The third kappa shape index (κ3) is 2.42. The van der Waals surface area contributed by atoms with E-state index in [1.807, 2.05) is 0 Å². The lowest BCUT2D eigenvalue weighted by Crippen LogP contribution is -2.33. The molecule has 2 heterocycles. The monoisotopic (exact) mass is 182 g/mol.